The molecule has 0 aliphatic heterocycles. The molecule has 1 N–H and O–H groups in total. The van der Waals surface area contributed by atoms with Gasteiger partial charge in [-0.25, -0.2) is 0 Å². The van der Waals surface area contributed by atoms with Crippen molar-refractivity contribution in [2.45, 2.75) is 19.4 Å². The lowest BCUT2D eigenvalue weighted by Gasteiger charge is -1.99. The van der Waals surface area contributed by atoms with Gasteiger partial charge in [-0.1, -0.05) is 11.3 Å². The Labute approximate surface area is 86.1 Å². The fraction of sp³-hybridized carbons (Fsp3) is 0.556. The summed E-state index contributed by atoms with van der Waals surface area (Å²) < 4.78 is 0. The molecule has 0 radical (unpaired) electrons. The molecule has 0 bridgehead atoms. The van der Waals surface area contributed by atoms with E-state index in [0.717, 1.165) is 23.9 Å². The van der Waals surface area contributed by atoms with Gasteiger partial charge >= 0.3 is 5.00 Å². The lowest BCUT2D eigenvalue weighted by molar-refractivity contribution is -0.380. The Morgan fingerprint density at radius 2 is 2.36 bits per heavy atom. The monoisotopic (exact) mass is 212 g/mol. The Hall–Kier alpha value is -0.940. The van der Waals surface area contributed by atoms with Gasteiger partial charge in [-0.2, -0.15) is 0 Å². The molecule has 76 valence electrons. The van der Waals surface area contributed by atoms with Crippen LogP contribution in [0.3, 0.4) is 0 Å². The predicted octanol–water partition coefficient (Wildman–Crippen LogP) is 2.16. The summed E-state index contributed by atoms with van der Waals surface area (Å²) in [6.45, 7) is 1.81. The van der Waals surface area contributed by atoms with Crippen molar-refractivity contribution < 1.29 is 4.92 Å². The Morgan fingerprint density at radius 3 is 2.93 bits per heavy atom. The van der Waals surface area contributed by atoms with Crippen LogP contribution in [-0.4, -0.2) is 11.5 Å². The van der Waals surface area contributed by atoms with Crippen LogP contribution in [0, 0.1) is 16.0 Å². The summed E-state index contributed by atoms with van der Waals surface area (Å²) in [6.07, 6.45) is 2.66. The highest BCUT2D eigenvalue weighted by molar-refractivity contribution is 7.15. The normalized spacial score (nSPS) is 15.7. The highest BCUT2D eigenvalue weighted by Crippen LogP contribution is 2.28. The first-order chi connectivity index (χ1) is 6.75. The van der Waals surface area contributed by atoms with Crippen LogP contribution in [0.2, 0.25) is 0 Å². The molecule has 4 nitrogen and oxygen atoms in total. The second-order valence-corrected chi connectivity index (χ2v) is 4.72. The van der Waals surface area contributed by atoms with Gasteiger partial charge in [0.15, 0.2) is 0 Å². The van der Waals surface area contributed by atoms with E-state index in [1.54, 1.807) is 6.07 Å². The summed E-state index contributed by atoms with van der Waals surface area (Å²) in [5, 5.41) is 13.9. The number of nitrogens with zero attached hydrogens (tertiary/aromatic N) is 1. The highest BCUT2D eigenvalue weighted by atomic mass is 32.1. The maximum atomic E-state index is 10.4. The Kier molecular flexibility index (Phi) is 2.79. The molecule has 1 aliphatic rings. The van der Waals surface area contributed by atoms with Gasteiger partial charge in [-0.15, -0.1) is 0 Å². The molecule has 2 rings (SSSR count). The van der Waals surface area contributed by atoms with E-state index >= 15 is 0 Å². The van der Waals surface area contributed by atoms with Gasteiger partial charge in [0.25, 0.3) is 0 Å². The molecule has 1 heterocycles. The van der Waals surface area contributed by atoms with Gasteiger partial charge in [0, 0.05) is 17.5 Å². The summed E-state index contributed by atoms with van der Waals surface area (Å²) in [7, 11) is 0. The number of hydrogen-bond donors (Lipinski definition) is 1. The summed E-state index contributed by atoms with van der Waals surface area (Å²) in [5.74, 6) is 0.852. The number of thiophene rings is 1. The molecular formula is C9H12N2O2S. The second kappa shape index (κ2) is 4.06. The molecule has 0 saturated heterocycles. The van der Waals surface area contributed by atoms with Crippen LogP contribution in [0.4, 0.5) is 5.00 Å². The van der Waals surface area contributed by atoms with Crippen molar-refractivity contribution in [2.24, 2.45) is 5.92 Å². The maximum absolute atomic E-state index is 10.4. The SMILES string of the molecule is O=[N+]([O-])c1ccc(CNCC2CC2)s1. The van der Waals surface area contributed by atoms with Gasteiger partial charge < -0.3 is 5.32 Å². The molecule has 0 unspecified atom stereocenters. The standard InChI is InChI=1S/C9H12N2O2S/c12-11(13)9-4-3-8(14-9)6-10-5-7-1-2-7/h3-4,7,10H,1-2,5-6H2. The van der Waals surface area contributed by atoms with E-state index in [2.05, 4.69) is 5.32 Å². The molecule has 1 saturated carbocycles. The second-order valence-electron chi connectivity index (χ2n) is 3.57. The predicted molar refractivity (Wildman–Crippen MR) is 55.4 cm³/mol. The minimum atomic E-state index is -0.338. The van der Waals surface area contributed by atoms with Crippen molar-refractivity contribution in [2.75, 3.05) is 6.54 Å². The molecule has 0 atom stereocenters. The lowest BCUT2D eigenvalue weighted by atomic mass is 10.4. The fourth-order valence-electron chi connectivity index (χ4n) is 1.28. The van der Waals surface area contributed by atoms with Crippen LogP contribution in [0.15, 0.2) is 12.1 Å². The minimum Gasteiger partial charge on any atom is -0.312 e. The van der Waals surface area contributed by atoms with Gasteiger partial charge in [0.1, 0.15) is 0 Å². The topological polar surface area (TPSA) is 55.2 Å². The van der Waals surface area contributed by atoms with Gasteiger partial charge in [-0.05, 0) is 31.4 Å². The van der Waals surface area contributed by atoms with E-state index in [1.165, 1.54) is 24.2 Å². The molecule has 0 aromatic carbocycles. The van der Waals surface area contributed by atoms with Crippen LogP contribution >= 0.6 is 11.3 Å². The van der Waals surface area contributed by atoms with Crippen molar-refractivity contribution >= 4 is 16.3 Å². The summed E-state index contributed by atoms with van der Waals surface area (Å²) >= 11 is 1.25. The number of rotatable bonds is 5. The molecule has 0 amide bonds. The van der Waals surface area contributed by atoms with Crippen molar-refractivity contribution in [3.63, 3.8) is 0 Å². The van der Waals surface area contributed by atoms with Crippen LogP contribution in [-0.2, 0) is 6.54 Å². The van der Waals surface area contributed by atoms with Crippen LogP contribution in [0.1, 0.15) is 17.7 Å². The van der Waals surface area contributed by atoms with Gasteiger partial charge in [0.2, 0.25) is 0 Å². The Balaban J connectivity index is 1.79. The number of nitro groups is 1. The first-order valence-electron chi connectivity index (χ1n) is 4.69. The van der Waals surface area contributed by atoms with Crippen molar-refractivity contribution in [1.82, 2.24) is 5.32 Å². The average molecular weight is 212 g/mol. The lowest BCUT2D eigenvalue weighted by Crippen LogP contribution is -2.15. The zero-order chi connectivity index (χ0) is 9.97. The van der Waals surface area contributed by atoms with Gasteiger partial charge in [0.05, 0.1) is 4.92 Å². The molecule has 0 spiro atoms. The third-order valence-corrected chi connectivity index (χ3v) is 3.29. The highest BCUT2D eigenvalue weighted by Gasteiger charge is 2.20. The summed E-state index contributed by atoms with van der Waals surface area (Å²) in [6, 6.07) is 3.39. The zero-order valence-electron chi connectivity index (χ0n) is 7.73. The van der Waals surface area contributed by atoms with Crippen LogP contribution < -0.4 is 5.32 Å². The van der Waals surface area contributed by atoms with E-state index in [0.29, 0.717) is 0 Å². The first kappa shape index (κ1) is 9.61. The van der Waals surface area contributed by atoms with E-state index in [-0.39, 0.29) is 9.92 Å². The number of nitrogens with one attached hydrogen (secondary N) is 1. The average Bonchev–Trinajstić information content (AvgIpc) is 2.82. The largest absolute Gasteiger partial charge is 0.324 e. The van der Waals surface area contributed by atoms with Crippen LogP contribution in [0.5, 0.6) is 0 Å². The third kappa shape index (κ3) is 2.52. The van der Waals surface area contributed by atoms with Crippen LogP contribution in [0.25, 0.3) is 0 Å². The van der Waals surface area contributed by atoms with E-state index < -0.39 is 0 Å². The van der Waals surface area contributed by atoms with Gasteiger partial charge in [-0.3, -0.25) is 10.1 Å². The van der Waals surface area contributed by atoms with Crippen molar-refractivity contribution in [3.05, 3.63) is 27.1 Å². The summed E-state index contributed by atoms with van der Waals surface area (Å²) in [5.41, 5.74) is 0. The molecular weight excluding hydrogens is 200 g/mol. The van der Waals surface area contributed by atoms with E-state index in [9.17, 15) is 10.1 Å². The molecule has 1 fully saturated rings. The third-order valence-electron chi connectivity index (χ3n) is 2.26. The molecule has 1 aromatic rings. The maximum Gasteiger partial charge on any atom is 0.324 e. The first-order valence-corrected chi connectivity index (χ1v) is 5.51. The quantitative estimate of drug-likeness (QED) is 0.601. The minimum absolute atomic E-state index is 0.230. The Bertz CT molecular complexity index is 333. The molecule has 1 aromatic heterocycles. The Morgan fingerprint density at radius 1 is 1.57 bits per heavy atom. The smallest absolute Gasteiger partial charge is 0.312 e. The fourth-order valence-corrected chi connectivity index (χ4v) is 2.07. The molecule has 14 heavy (non-hydrogen) atoms. The molecule has 5 heteroatoms. The molecule has 1 aliphatic carbocycles. The van der Waals surface area contributed by atoms with E-state index in [4.69, 9.17) is 0 Å². The van der Waals surface area contributed by atoms with Crippen molar-refractivity contribution in [1.29, 1.82) is 0 Å². The van der Waals surface area contributed by atoms with Crippen molar-refractivity contribution in [3.8, 4) is 0 Å². The number of hydrogen-bond acceptors (Lipinski definition) is 4. The summed E-state index contributed by atoms with van der Waals surface area (Å²) in [4.78, 5) is 11.1. The zero-order valence-corrected chi connectivity index (χ0v) is 8.55. The van der Waals surface area contributed by atoms with E-state index in [1.807, 2.05) is 6.07 Å².